The van der Waals surface area contributed by atoms with Crippen molar-refractivity contribution in [1.29, 1.82) is 0 Å². The number of hydrogen-bond donors (Lipinski definition) is 0. The van der Waals surface area contributed by atoms with E-state index in [-0.39, 0.29) is 0 Å². The summed E-state index contributed by atoms with van der Waals surface area (Å²) in [6.07, 6.45) is 0. The monoisotopic (exact) mass is 1010 g/mol. The summed E-state index contributed by atoms with van der Waals surface area (Å²) in [7, 11) is 0. The molecular weight excluding hydrogens is 957 g/mol. The molecule has 0 unspecified atom stereocenters. The van der Waals surface area contributed by atoms with Crippen LogP contribution in [0.5, 0.6) is 0 Å². The maximum absolute atomic E-state index is 6.94. The Morgan fingerprint density at radius 2 is 0.705 bits per heavy atom. The van der Waals surface area contributed by atoms with Gasteiger partial charge in [0, 0.05) is 65.8 Å². The summed E-state index contributed by atoms with van der Waals surface area (Å²) in [6, 6.07) is 66.1. The van der Waals surface area contributed by atoms with Crippen LogP contribution in [0.3, 0.4) is 0 Å². The van der Waals surface area contributed by atoms with Gasteiger partial charge in [-0.25, -0.2) is 0 Å². The molecule has 0 radical (unpaired) electrons. The number of hydrogen-bond acceptors (Lipinski definition) is 6. The molecule has 4 aromatic heterocycles. The number of benzene rings is 11. The molecule has 0 fully saturated rings. The molecule has 78 heavy (non-hydrogen) atoms. The highest BCUT2D eigenvalue weighted by Gasteiger charge is 2.26. The lowest BCUT2D eigenvalue weighted by molar-refractivity contribution is 0.634. The smallest absolute Gasteiger partial charge is 0.178 e. The van der Waals surface area contributed by atoms with Crippen LogP contribution in [-0.4, -0.2) is 0 Å². The largest absolute Gasteiger partial charge is 0.456 e. The zero-order valence-corrected chi connectivity index (χ0v) is 45.0. The van der Waals surface area contributed by atoms with E-state index in [2.05, 4.69) is 235 Å². The summed E-state index contributed by atoms with van der Waals surface area (Å²) in [5.74, 6) is 0.846. The highest BCUT2D eigenvalue weighted by molar-refractivity contribution is 6.22. The fourth-order valence-electron chi connectivity index (χ4n) is 12.8. The molecule has 0 amide bonds. The van der Waals surface area contributed by atoms with E-state index in [0.29, 0.717) is 11.8 Å². The molecule has 378 valence electrons. The Labute approximate surface area is 451 Å². The number of anilines is 6. The third-order valence-corrected chi connectivity index (χ3v) is 16.7. The average molecular weight is 1010 g/mol. The van der Waals surface area contributed by atoms with Gasteiger partial charge in [0.05, 0.1) is 11.4 Å². The molecule has 0 aliphatic carbocycles. The quantitative estimate of drug-likeness (QED) is 0.151. The summed E-state index contributed by atoms with van der Waals surface area (Å²) in [4.78, 5) is 4.82. The van der Waals surface area contributed by atoms with Crippen molar-refractivity contribution in [2.24, 2.45) is 0 Å². The highest BCUT2D eigenvalue weighted by atomic mass is 16.4. The SMILES string of the molecule is Cc1cc2oc3ccccc3c2c(C)c1N(c1ccc(C(C)C)cc1)c1ccc2cc3c(cc2c1)oc1c3ccc2c3cc4ccc(N(c5ccc(C(C)C)cc5)c5c(C)cc6oc7ccccc7c6c5C)cc4cc3oc21. The van der Waals surface area contributed by atoms with Crippen LogP contribution in [0.1, 0.15) is 72.9 Å². The van der Waals surface area contributed by atoms with E-state index in [9.17, 15) is 0 Å². The number of rotatable bonds is 8. The maximum Gasteiger partial charge on any atom is 0.178 e. The molecule has 0 N–H and O–H groups in total. The zero-order valence-electron chi connectivity index (χ0n) is 45.0. The van der Waals surface area contributed by atoms with E-state index >= 15 is 0 Å². The lowest BCUT2D eigenvalue weighted by Crippen LogP contribution is -2.13. The fraction of sp³-hybridized carbons (Fsp3) is 0.139. The summed E-state index contributed by atoms with van der Waals surface area (Å²) >= 11 is 0. The number of fused-ring (bicyclic) bond motifs is 15. The summed E-state index contributed by atoms with van der Waals surface area (Å²) in [5.41, 5.74) is 20.6. The van der Waals surface area contributed by atoms with Crippen LogP contribution < -0.4 is 9.80 Å². The van der Waals surface area contributed by atoms with Crippen molar-refractivity contribution in [3.63, 3.8) is 0 Å². The van der Waals surface area contributed by atoms with Crippen LogP contribution in [0.25, 0.3) is 109 Å². The zero-order chi connectivity index (χ0) is 52.8. The molecule has 4 heterocycles. The first kappa shape index (κ1) is 46.1. The molecule has 6 heteroatoms. The van der Waals surface area contributed by atoms with Crippen LogP contribution in [0.2, 0.25) is 0 Å². The Morgan fingerprint density at radius 3 is 1.12 bits per heavy atom. The normalized spacial score (nSPS) is 12.3. The molecule has 15 rings (SSSR count). The molecule has 0 aliphatic rings. The first-order valence-corrected chi connectivity index (χ1v) is 27.3. The van der Waals surface area contributed by atoms with Crippen LogP contribution in [0.4, 0.5) is 34.1 Å². The minimum atomic E-state index is 0.423. The second kappa shape index (κ2) is 17.1. The third kappa shape index (κ3) is 6.95. The molecule has 0 spiro atoms. The standard InChI is InChI=1S/C72H56N2O4/c1-39(2)45-17-23-51(24-18-45)73(69-41(5)31-65-67(43(69)7)57-13-9-11-15-61(57)75-65)53-27-21-47-35-59-55-29-30-56-60-36-48-22-28-54(34-50(48)38-64(60)78-72(56)71(55)77-63(59)37-49(47)33-53)74(52-25-19-46(20-26-52)40(3)4)70-42(6)32-66-68(44(70)8)58-14-10-12-16-62(58)76-66/h9-40H,1-8H3. The van der Waals surface area contributed by atoms with Crippen molar-refractivity contribution < 1.29 is 17.7 Å². The van der Waals surface area contributed by atoms with Gasteiger partial charge in [0.15, 0.2) is 11.2 Å². The van der Waals surface area contributed by atoms with Crippen molar-refractivity contribution in [3.05, 3.63) is 215 Å². The van der Waals surface area contributed by atoms with Gasteiger partial charge in [-0.1, -0.05) is 100 Å². The molecule has 0 bridgehead atoms. The van der Waals surface area contributed by atoms with Gasteiger partial charge in [-0.3, -0.25) is 0 Å². The molecule has 0 aliphatic heterocycles. The predicted molar refractivity (Wildman–Crippen MR) is 327 cm³/mol. The van der Waals surface area contributed by atoms with E-state index in [1.54, 1.807) is 0 Å². The van der Waals surface area contributed by atoms with Gasteiger partial charge >= 0.3 is 0 Å². The Bertz CT molecular complexity index is 4650. The fourth-order valence-corrected chi connectivity index (χ4v) is 12.8. The molecule has 15 aromatic rings. The van der Waals surface area contributed by atoms with E-state index in [0.717, 1.165) is 155 Å². The molecule has 0 saturated heterocycles. The summed E-state index contributed by atoms with van der Waals surface area (Å²) < 4.78 is 26.7. The van der Waals surface area contributed by atoms with Crippen molar-refractivity contribution in [1.82, 2.24) is 0 Å². The Kier molecular flexibility index (Phi) is 10.1. The minimum Gasteiger partial charge on any atom is -0.456 e. The first-order chi connectivity index (χ1) is 37.9. The lowest BCUT2D eigenvalue weighted by Gasteiger charge is -2.29. The molecule has 11 aromatic carbocycles. The Hall–Kier alpha value is -9.26. The van der Waals surface area contributed by atoms with Gasteiger partial charge in [-0.15, -0.1) is 0 Å². The Balaban J connectivity index is 0.856. The summed E-state index contributed by atoms with van der Waals surface area (Å²) in [5, 5.41) is 13.1. The number of nitrogens with zero attached hydrogens (tertiary/aromatic N) is 2. The average Bonchev–Trinajstić information content (AvgIpc) is 4.27. The van der Waals surface area contributed by atoms with Crippen LogP contribution in [0, 0.1) is 27.7 Å². The number of furan rings is 4. The van der Waals surface area contributed by atoms with E-state index in [1.807, 2.05) is 12.1 Å². The van der Waals surface area contributed by atoms with Crippen LogP contribution in [-0.2, 0) is 0 Å². The van der Waals surface area contributed by atoms with Crippen LogP contribution >= 0.6 is 0 Å². The third-order valence-electron chi connectivity index (χ3n) is 16.7. The van der Waals surface area contributed by atoms with Gasteiger partial charge in [-0.2, -0.15) is 0 Å². The Morgan fingerprint density at radius 1 is 0.308 bits per heavy atom. The second-order valence-electron chi connectivity index (χ2n) is 22.2. The van der Waals surface area contributed by atoms with Gasteiger partial charge in [0.1, 0.15) is 33.5 Å². The molecule has 0 atom stereocenters. The van der Waals surface area contributed by atoms with E-state index in [1.165, 1.54) is 22.3 Å². The second-order valence-corrected chi connectivity index (χ2v) is 22.2. The van der Waals surface area contributed by atoms with Crippen molar-refractivity contribution >= 4 is 143 Å². The van der Waals surface area contributed by atoms with E-state index in [4.69, 9.17) is 17.7 Å². The molecule has 0 saturated carbocycles. The van der Waals surface area contributed by atoms with Gasteiger partial charge in [0.25, 0.3) is 0 Å². The van der Waals surface area contributed by atoms with Gasteiger partial charge < -0.3 is 27.5 Å². The molecular formula is C72H56N2O4. The van der Waals surface area contributed by atoms with Gasteiger partial charge in [-0.05, 0) is 204 Å². The maximum atomic E-state index is 6.94. The van der Waals surface area contributed by atoms with Crippen molar-refractivity contribution in [2.75, 3.05) is 9.80 Å². The summed E-state index contributed by atoms with van der Waals surface area (Å²) in [6.45, 7) is 17.8. The minimum absolute atomic E-state index is 0.423. The lowest BCUT2D eigenvalue weighted by atomic mass is 9.98. The first-order valence-electron chi connectivity index (χ1n) is 27.3. The van der Waals surface area contributed by atoms with E-state index < -0.39 is 0 Å². The topological polar surface area (TPSA) is 59.0 Å². The van der Waals surface area contributed by atoms with Crippen LogP contribution in [0.15, 0.2) is 200 Å². The van der Waals surface area contributed by atoms with Crippen molar-refractivity contribution in [2.45, 2.75) is 67.2 Å². The number of para-hydroxylation sites is 2. The van der Waals surface area contributed by atoms with Crippen molar-refractivity contribution in [3.8, 4) is 0 Å². The van der Waals surface area contributed by atoms with Gasteiger partial charge in [0.2, 0.25) is 0 Å². The highest BCUT2D eigenvalue weighted by Crippen LogP contribution is 2.49. The molecule has 6 nitrogen and oxygen atoms in total. The predicted octanol–water partition coefficient (Wildman–Crippen LogP) is 22.0. The number of aryl methyl sites for hydroxylation is 4.